The third-order valence-electron chi connectivity index (χ3n) is 4.40. The van der Waals surface area contributed by atoms with E-state index in [-0.39, 0.29) is 23.8 Å². The van der Waals surface area contributed by atoms with Gasteiger partial charge in [-0.2, -0.15) is 0 Å². The topological polar surface area (TPSA) is 79.9 Å². The average molecular weight is 388 g/mol. The Morgan fingerprint density at radius 2 is 1.82 bits per heavy atom. The normalized spacial score (nSPS) is 11.5. The molecule has 7 heteroatoms. The first-order valence-electron chi connectivity index (χ1n) is 9.48. The highest BCUT2D eigenvalue weighted by Crippen LogP contribution is 2.22. The van der Waals surface area contributed by atoms with Crippen molar-refractivity contribution in [1.29, 1.82) is 0 Å². The van der Waals surface area contributed by atoms with Gasteiger partial charge in [0.2, 0.25) is 5.91 Å². The van der Waals surface area contributed by atoms with E-state index in [2.05, 4.69) is 31.2 Å². The first kappa shape index (κ1) is 21.6. The van der Waals surface area contributed by atoms with Crippen LogP contribution in [0, 0.1) is 6.92 Å². The van der Waals surface area contributed by atoms with E-state index in [4.69, 9.17) is 4.52 Å². The van der Waals surface area contributed by atoms with Crippen LogP contribution in [0.15, 0.2) is 34.9 Å². The van der Waals surface area contributed by atoms with Crippen molar-refractivity contribution in [2.75, 3.05) is 39.0 Å². The smallest absolute Gasteiger partial charge is 0.254 e. The second-order valence-electron chi connectivity index (χ2n) is 8.38. The number of carbonyl (C=O) groups is 2. The summed E-state index contributed by atoms with van der Waals surface area (Å²) in [6, 6.07) is 9.25. The summed E-state index contributed by atoms with van der Waals surface area (Å²) < 4.78 is 4.96. The number of quaternary nitrogens is 1. The van der Waals surface area contributed by atoms with E-state index in [9.17, 15) is 9.59 Å². The lowest BCUT2D eigenvalue weighted by Gasteiger charge is -2.23. The van der Waals surface area contributed by atoms with Crippen LogP contribution in [0.4, 0.5) is 5.82 Å². The molecule has 0 bridgehead atoms. The molecule has 0 aliphatic heterocycles. The van der Waals surface area contributed by atoms with Crippen molar-refractivity contribution in [3.8, 4) is 0 Å². The summed E-state index contributed by atoms with van der Waals surface area (Å²) in [5, 5.41) is 6.43. The molecule has 0 saturated heterocycles. The zero-order valence-electron chi connectivity index (χ0n) is 17.6. The van der Waals surface area contributed by atoms with Gasteiger partial charge in [-0.1, -0.05) is 38.1 Å². The Kier molecular flexibility index (Phi) is 6.96. The van der Waals surface area contributed by atoms with E-state index >= 15 is 0 Å². The van der Waals surface area contributed by atoms with Crippen molar-refractivity contribution >= 4 is 17.6 Å². The van der Waals surface area contributed by atoms with Crippen LogP contribution in [0.25, 0.3) is 0 Å². The molecule has 0 saturated carbocycles. The molecule has 152 valence electrons. The molecule has 0 fully saturated rings. The molecule has 2 rings (SSSR count). The number of carbonyl (C=O) groups excluding carboxylic acids is 2. The molecule has 28 heavy (non-hydrogen) atoms. The van der Waals surface area contributed by atoms with Crippen LogP contribution < -0.4 is 10.2 Å². The van der Waals surface area contributed by atoms with Crippen LogP contribution in [-0.4, -0.2) is 55.6 Å². The standard InChI is InChI=1S/C21H30N4O3/c1-15-13-18(23-28-15)22-19(26)14-25(12-11-24(5)6)20(27)16-7-9-17(10-8-16)21(2,3)4/h7-10,13H,11-12,14H2,1-6H3,(H,22,23,26)/p+1. The van der Waals surface area contributed by atoms with Crippen molar-refractivity contribution in [1.82, 2.24) is 10.1 Å². The van der Waals surface area contributed by atoms with Gasteiger partial charge in [0, 0.05) is 11.6 Å². The van der Waals surface area contributed by atoms with Gasteiger partial charge in [0.25, 0.3) is 5.91 Å². The molecule has 0 aliphatic rings. The van der Waals surface area contributed by atoms with Gasteiger partial charge < -0.3 is 19.6 Å². The largest absolute Gasteiger partial charge is 0.360 e. The van der Waals surface area contributed by atoms with Crippen molar-refractivity contribution in [3.05, 3.63) is 47.2 Å². The quantitative estimate of drug-likeness (QED) is 0.755. The van der Waals surface area contributed by atoms with E-state index in [1.807, 2.05) is 38.4 Å². The van der Waals surface area contributed by atoms with Crippen molar-refractivity contribution in [2.24, 2.45) is 0 Å². The summed E-state index contributed by atoms with van der Waals surface area (Å²) in [5.74, 6) is 0.496. The molecule has 1 heterocycles. The van der Waals surface area contributed by atoms with Gasteiger partial charge in [-0.3, -0.25) is 9.59 Å². The Morgan fingerprint density at radius 1 is 1.18 bits per heavy atom. The Morgan fingerprint density at radius 3 is 2.32 bits per heavy atom. The second-order valence-corrected chi connectivity index (χ2v) is 8.38. The highest BCUT2D eigenvalue weighted by molar-refractivity contribution is 5.99. The Hall–Kier alpha value is -2.67. The van der Waals surface area contributed by atoms with Gasteiger partial charge in [0.15, 0.2) is 5.82 Å². The van der Waals surface area contributed by atoms with Gasteiger partial charge in [0.05, 0.1) is 27.2 Å². The first-order valence-corrected chi connectivity index (χ1v) is 9.48. The lowest BCUT2D eigenvalue weighted by atomic mass is 9.86. The number of rotatable bonds is 7. The molecular formula is C21H31N4O3+. The maximum atomic E-state index is 13.0. The van der Waals surface area contributed by atoms with Gasteiger partial charge in [0.1, 0.15) is 12.3 Å². The summed E-state index contributed by atoms with van der Waals surface area (Å²) in [6.45, 7) is 9.32. The molecule has 0 aliphatic carbocycles. The van der Waals surface area contributed by atoms with E-state index in [0.717, 1.165) is 12.1 Å². The number of hydrogen-bond donors (Lipinski definition) is 2. The number of nitrogens with one attached hydrogen (secondary N) is 2. The zero-order valence-corrected chi connectivity index (χ0v) is 17.6. The molecule has 7 nitrogen and oxygen atoms in total. The Labute approximate surface area is 166 Å². The summed E-state index contributed by atoms with van der Waals surface area (Å²) in [5.41, 5.74) is 1.75. The fraction of sp³-hybridized carbons (Fsp3) is 0.476. The van der Waals surface area contributed by atoms with Crippen LogP contribution in [-0.2, 0) is 10.2 Å². The number of amides is 2. The van der Waals surface area contributed by atoms with Gasteiger partial charge in [-0.25, -0.2) is 0 Å². The van der Waals surface area contributed by atoms with Crippen LogP contribution in [0.3, 0.4) is 0 Å². The molecule has 2 N–H and O–H groups in total. The van der Waals surface area contributed by atoms with Crippen LogP contribution in [0.1, 0.15) is 42.5 Å². The maximum Gasteiger partial charge on any atom is 0.254 e. The van der Waals surface area contributed by atoms with E-state index in [1.165, 1.54) is 4.90 Å². The second kappa shape index (κ2) is 9.01. The molecular weight excluding hydrogens is 356 g/mol. The molecule has 0 unspecified atom stereocenters. The number of aryl methyl sites for hydroxylation is 1. The number of nitrogens with zero attached hydrogens (tertiary/aromatic N) is 2. The van der Waals surface area contributed by atoms with Crippen molar-refractivity contribution in [2.45, 2.75) is 33.1 Å². The molecule has 0 radical (unpaired) electrons. The highest BCUT2D eigenvalue weighted by atomic mass is 16.5. The molecule has 1 aromatic carbocycles. The average Bonchev–Trinajstić information content (AvgIpc) is 3.01. The monoisotopic (exact) mass is 387 g/mol. The van der Waals surface area contributed by atoms with Crippen LogP contribution in [0.2, 0.25) is 0 Å². The predicted molar refractivity (Wildman–Crippen MR) is 109 cm³/mol. The molecule has 2 amide bonds. The van der Waals surface area contributed by atoms with Crippen molar-refractivity contribution < 1.29 is 19.0 Å². The van der Waals surface area contributed by atoms with Gasteiger partial charge in [-0.15, -0.1) is 0 Å². The minimum absolute atomic E-state index is 0.0190. The molecule has 1 aromatic heterocycles. The first-order chi connectivity index (χ1) is 13.1. The summed E-state index contributed by atoms with van der Waals surface area (Å²) in [6.07, 6.45) is 0. The van der Waals surface area contributed by atoms with E-state index in [0.29, 0.717) is 23.7 Å². The van der Waals surface area contributed by atoms with Crippen LogP contribution >= 0.6 is 0 Å². The fourth-order valence-corrected chi connectivity index (χ4v) is 2.69. The number of likely N-dealkylation sites (N-methyl/N-ethyl adjacent to an activating group) is 1. The van der Waals surface area contributed by atoms with Crippen molar-refractivity contribution in [3.63, 3.8) is 0 Å². The maximum absolute atomic E-state index is 13.0. The number of hydrogen-bond acceptors (Lipinski definition) is 4. The van der Waals surface area contributed by atoms with E-state index in [1.54, 1.807) is 17.9 Å². The zero-order chi connectivity index (χ0) is 20.9. The van der Waals surface area contributed by atoms with Gasteiger partial charge in [-0.05, 0) is 30.0 Å². The number of benzene rings is 1. The van der Waals surface area contributed by atoms with E-state index < -0.39 is 0 Å². The third-order valence-corrected chi connectivity index (χ3v) is 4.40. The Bertz CT molecular complexity index is 804. The fourth-order valence-electron chi connectivity index (χ4n) is 2.69. The Balaban J connectivity index is 2.12. The number of anilines is 1. The summed E-state index contributed by atoms with van der Waals surface area (Å²) in [7, 11) is 4.03. The SMILES string of the molecule is Cc1cc(NC(=O)CN(CC[NH+](C)C)C(=O)c2ccc(C(C)(C)C)cc2)no1. The number of aromatic nitrogens is 1. The minimum atomic E-state index is -0.304. The van der Waals surface area contributed by atoms with Gasteiger partial charge >= 0.3 is 0 Å². The molecule has 0 atom stereocenters. The lowest BCUT2D eigenvalue weighted by molar-refractivity contribution is -0.857. The predicted octanol–water partition coefficient (Wildman–Crippen LogP) is 1.51. The van der Waals surface area contributed by atoms with Crippen LogP contribution in [0.5, 0.6) is 0 Å². The summed E-state index contributed by atoms with van der Waals surface area (Å²) >= 11 is 0. The molecule has 0 spiro atoms. The lowest BCUT2D eigenvalue weighted by Crippen LogP contribution is -3.06. The minimum Gasteiger partial charge on any atom is -0.360 e. The molecule has 2 aromatic rings. The highest BCUT2D eigenvalue weighted by Gasteiger charge is 2.21. The third kappa shape index (κ3) is 6.20. The summed E-state index contributed by atoms with van der Waals surface area (Å²) in [4.78, 5) is 28.2.